The minimum Gasteiger partial charge on any atom is -0.497 e. The molecule has 0 aliphatic carbocycles. The van der Waals surface area contributed by atoms with Crippen molar-refractivity contribution in [2.24, 2.45) is 5.92 Å². The molecule has 1 atom stereocenters. The lowest BCUT2D eigenvalue weighted by Gasteiger charge is -2.20. The van der Waals surface area contributed by atoms with Crippen molar-refractivity contribution in [1.82, 2.24) is 10.2 Å². The van der Waals surface area contributed by atoms with Crippen molar-refractivity contribution in [3.05, 3.63) is 23.2 Å². The number of aryl methyl sites for hydroxylation is 1. The van der Waals surface area contributed by atoms with Crippen molar-refractivity contribution in [3.8, 4) is 11.5 Å². The average Bonchev–Trinajstić information content (AvgIpc) is 3.19. The normalized spacial score (nSPS) is 16.8. The second kappa shape index (κ2) is 7.06. The number of ether oxygens (including phenoxy) is 2. The van der Waals surface area contributed by atoms with Gasteiger partial charge in [0.2, 0.25) is 16.9 Å². The van der Waals surface area contributed by atoms with Gasteiger partial charge >= 0.3 is 0 Å². The summed E-state index contributed by atoms with van der Waals surface area (Å²) < 4.78 is 10.5. The van der Waals surface area contributed by atoms with E-state index in [-0.39, 0.29) is 24.8 Å². The van der Waals surface area contributed by atoms with Crippen LogP contribution in [0, 0.1) is 12.8 Å². The van der Waals surface area contributed by atoms with Gasteiger partial charge in [0.1, 0.15) is 16.5 Å². The maximum Gasteiger partial charge on any atom is 0.231 e. The molecule has 1 fully saturated rings. The van der Waals surface area contributed by atoms with Gasteiger partial charge in [-0.3, -0.25) is 9.59 Å². The maximum absolute atomic E-state index is 12.4. The maximum atomic E-state index is 12.4. The predicted octanol–water partition coefficient (Wildman–Crippen LogP) is 1.86. The highest BCUT2D eigenvalue weighted by Gasteiger charge is 2.36. The Morgan fingerprint density at radius 2 is 2.12 bits per heavy atom. The minimum absolute atomic E-state index is 0.128. The summed E-state index contributed by atoms with van der Waals surface area (Å²) in [6.07, 6.45) is 0.138. The first kappa shape index (κ1) is 17.2. The molecule has 9 heteroatoms. The van der Waals surface area contributed by atoms with E-state index in [2.05, 4.69) is 15.5 Å². The second-order valence-corrected chi connectivity index (χ2v) is 6.74. The van der Waals surface area contributed by atoms with Gasteiger partial charge in [0.25, 0.3) is 0 Å². The Labute approximate surface area is 148 Å². The summed E-state index contributed by atoms with van der Waals surface area (Å²) in [5.74, 6) is 0.335. The second-order valence-electron chi connectivity index (χ2n) is 5.56. The minimum atomic E-state index is -0.455. The molecule has 1 N–H and O–H groups in total. The fourth-order valence-corrected chi connectivity index (χ4v) is 3.27. The molecule has 1 saturated heterocycles. The van der Waals surface area contributed by atoms with E-state index in [1.807, 2.05) is 6.92 Å². The quantitative estimate of drug-likeness (QED) is 0.872. The van der Waals surface area contributed by atoms with Crippen LogP contribution in [0.4, 0.5) is 10.8 Å². The highest BCUT2D eigenvalue weighted by molar-refractivity contribution is 7.15. The number of nitrogens with zero attached hydrogens (tertiary/aromatic N) is 3. The molecule has 2 heterocycles. The summed E-state index contributed by atoms with van der Waals surface area (Å²) in [5, 5.41) is 11.7. The molecule has 8 nitrogen and oxygen atoms in total. The van der Waals surface area contributed by atoms with E-state index in [4.69, 9.17) is 9.47 Å². The van der Waals surface area contributed by atoms with E-state index in [9.17, 15) is 9.59 Å². The summed E-state index contributed by atoms with van der Waals surface area (Å²) in [6.45, 7) is 2.09. The van der Waals surface area contributed by atoms with Crippen LogP contribution >= 0.6 is 11.3 Å². The van der Waals surface area contributed by atoms with Gasteiger partial charge in [-0.1, -0.05) is 11.3 Å². The van der Waals surface area contributed by atoms with Crippen LogP contribution in [0.1, 0.15) is 11.4 Å². The Morgan fingerprint density at radius 1 is 1.32 bits per heavy atom. The number of carbonyl (C=O) groups is 2. The SMILES string of the molecule is COc1ccc(N2C[C@@H](C(=O)Nc3nnc(C)s3)CC2=O)c(OC)c1. The lowest BCUT2D eigenvalue weighted by Crippen LogP contribution is -2.28. The number of carbonyl (C=O) groups excluding carboxylic acids is 2. The number of amides is 2. The van der Waals surface area contributed by atoms with Gasteiger partial charge in [-0.15, -0.1) is 10.2 Å². The highest BCUT2D eigenvalue weighted by atomic mass is 32.1. The summed E-state index contributed by atoms with van der Waals surface area (Å²) in [7, 11) is 3.09. The van der Waals surface area contributed by atoms with Gasteiger partial charge in [0, 0.05) is 19.0 Å². The first-order chi connectivity index (χ1) is 12.0. The average molecular weight is 362 g/mol. The van der Waals surface area contributed by atoms with Gasteiger partial charge in [-0.2, -0.15) is 0 Å². The summed E-state index contributed by atoms with van der Waals surface area (Å²) in [4.78, 5) is 26.4. The van der Waals surface area contributed by atoms with Crippen LogP contribution in [0.5, 0.6) is 11.5 Å². The van der Waals surface area contributed by atoms with E-state index in [0.29, 0.717) is 22.3 Å². The van der Waals surface area contributed by atoms with Crippen molar-refractivity contribution >= 4 is 34.0 Å². The first-order valence-electron chi connectivity index (χ1n) is 7.65. The number of anilines is 2. The molecule has 3 rings (SSSR count). The third kappa shape index (κ3) is 3.55. The van der Waals surface area contributed by atoms with Crippen molar-refractivity contribution in [1.29, 1.82) is 0 Å². The van der Waals surface area contributed by atoms with Gasteiger partial charge in [-0.25, -0.2) is 0 Å². The van der Waals surface area contributed by atoms with Crippen molar-refractivity contribution in [2.45, 2.75) is 13.3 Å². The fraction of sp³-hybridized carbons (Fsp3) is 0.375. The van der Waals surface area contributed by atoms with E-state index in [0.717, 1.165) is 5.01 Å². The number of hydrogen-bond acceptors (Lipinski definition) is 7. The lowest BCUT2D eigenvalue weighted by molar-refractivity contribution is -0.122. The zero-order chi connectivity index (χ0) is 18.0. The summed E-state index contributed by atoms with van der Waals surface area (Å²) in [5.41, 5.74) is 0.621. The molecule has 1 aromatic heterocycles. The third-order valence-corrected chi connectivity index (χ3v) is 4.68. The molecule has 0 spiro atoms. The molecular weight excluding hydrogens is 344 g/mol. The smallest absolute Gasteiger partial charge is 0.231 e. The molecular formula is C16H18N4O4S. The molecule has 1 aliphatic heterocycles. The Morgan fingerprint density at radius 3 is 2.76 bits per heavy atom. The molecule has 1 aliphatic rings. The van der Waals surface area contributed by atoms with E-state index < -0.39 is 5.92 Å². The highest BCUT2D eigenvalue weighted by Crippen LogP contribution is 2.36. The first-order valence-corrected chi connectivity index (χ1v) is 8.47. The third-order valence-electron chi connectivity index (χ3n) is 3.93. The topological polar surface area (TPSA) is 93.6 Å². The van der Waals surface area contributed by atoms with Crippen LogP contribution in [0.2, 0.25) is 0 Å². The molecule has 0 saturated carbocycles. The van der Waals surface area contributed by atoms with E-state index in [1.165, 1.54) is 18.4 Å². The number of aromatic nitrogens is 2. The Balaban J connectivity index is 1.75. The number of benzene rings is 1. The summed E-state index contributed by atoms with van der Waals surface area (Å²) in [6, 6.07) is 5.21. The van der Waals surface area contributed by atoms with Crippen LogP contribution in [-0.4, -0.2) is 42.8 Å². The van der Waals surface area contributed by atoms with Crippen molar-refractivity contribution in [2.75, 3.05) is 31.0 Å². The van der Waals surface area contributed by atoms with Crippen LogP contribution in [0.3, 0.4) is 0 Å². The van der Waals surface area contributed by atoms with Crippen LogP contribution in [0.15, 0.2) is 18.2 Å². The fourth-order valence-electron chi connectivity index (χ4n) is 2.68. The van der Waals surface area contributed by atoms with Crippen molar-refractivity contribution in [3.63, 3.8) is 0 Å². The number of hydrogen-bond donors (Lipinski definition) is 1. The van der Waals surface area contributed by atoms with Gasteiger partial charge in [-0.05, 0) is 19.1 Å². The van der Waals surface area contributed by atoms with Gasteiger partial charge in [0.15, 0.2) is 0 Å². The molecule has 2 amide bonds. The monoisotopic (exact) mass is 362 g/mol. The number of rotatable bonds is 5. The Bertz CT molecular complexity index is 807. The molecule has 25 heavy (non-hydrogen) atoms. The molecule has 0 radical (unpaired) electrons. The van der Waals surface area contributed by atoms with Crippen LogP contribution < -0.4 is 19.7 Å². The Hall–Kier alpha value is -2.68. The predicted molar refractivity (Wildman–Crippen MR) is 93.3 cm³/mol. The standard InChI is InChI=1S/C16H18N4O4S/c1-9-18-19-16(25-9)17-15(22)10-6-14(21)20(8-10)12-5-4-11(23-2)7-13(12)24-3/h4-5,7,10H,6,8H2,1-3H3,(H,17,19,22)/t10-/m0/s1. The van der Waals surface area contributed by atoms with Gasteiger partial charge < -0.3 is 19.7 Å². The molecule has 0 unspecified atom stereocenters. The zero-order valence-corrected chi connectivity index (χ0v) is 14.9. The molecule has 2 aromatic rings. The lowest BCUT2D eigenvalue weighted by atomic mass is 10.1. The van der Waals surface area contributed by atoms with Crippen LogP contribution in [-0.2, 0) is 9.59 Å². The van der Waals surface area contributed by atoms with Crippen molar-refractivity contribution < 1.29 is 19.1 Å². The van der Waals surface area contributed by atoms with Crippen LogP contribution in [0.25, 0.3) is 0 Å². The van der Waals surface area contributed by atoms with E-state index >= 15 is 0 Å². The van der Waals surface area contributed by atoms with Gasteiger partial charge in [0.05, 0.1) is 25.8 Å². The largest absolute Gasteiger partial charge is 0.497 e. The Kier molecular flexibility index (Phi) is 4.84. The van der Waals surface area contributed by atoms with E-state index in [1.54, 1.807) is 30.2 Å². The summed E-state index contributed by atoms with van der Waals surface area (Å²) >= 11 is 1.30. The zero-order valence-electron chi connectivity index (χ0n) is 14.1. The molecule has 0 bridgehead atoms. The molecule has 1 aromatic carbocycles. The number of methoxy groups -OCH3 is 2. The number of nitrogens with one attached hydrogen (secondary N) is 1. The molecule has 132 valence electrons.